The highest BCUT2D eigenvalue weighted by molar-refractivity contribution is 6.20. The minimum atomic E-state index is 0.151. The average molecular weight is 160 g/mol. The van der Waals surface area contributed by atoms with Crippen molar-refractivity contribution in [1.29, 1.82) is 0 Å². The molecule has 0 aliphatic carbocycles. The molecule has 0 amide bonds. The molecule has 2 unspecified atom stereocenters. The van der Waals surface area contributed by atoms with Crippen LogP contribution in [0.15, 0.2) is 0 Å². The summed E-state index contributed by atoms with van der Waals surface area (Å²) < 4.78 is 0. The SMILES string of the molecule is C#CCCC(NC)C(C)Cl. The van der Waals surface area contributed by atoms with Crippen molar-refractivity contribution >= 4 is 11.6 Å². The first-order valence-corrected chi connectivity index (χ1v) is 3.90. The lowest BCUT2D eigenvalue weighted by molar-refractivity contribution is 0.522. The van der Waals surface area contributed by atoms with E-state index in [4.69, 9.17) is 18.0 Å². The van der Waals surface area contributed by atoms with E-state index in [9.17, 15) is 0 Å². The Morgan fingerprint density at radius 3 is 2.60 bits per heavy atom. The summed E-state index contributed by atoms with van der Waals surface area (Å²) in [6.45, 7) is 1.97. The van der Waals surface area contributed by atoms with Crippen molar-refractivity contribution in [2.75, 3.05) is 7.05 Å². The predicted octanol–water partition coefficient (Wildman–Crippen LogP) is 1.62. The fourth-order valence-corrected chi connectivity index (χ4v) is 1.09. The predicted molar refractivity (Wildman–Crippen MR) is 46.2 cm³/mol. The molecule has 2 atom stereocenters. The van der Waals surface area contributed by atoms with E-state index >= 15 is 0 Å². The van der Waals surface area contributed by atoms with Crippen LogP contribution >= 0.6 is 11.6 Å². The largest absolute Gasteiger partial charge is 0.316 e. The van der Waals surface area contributed by atoms with E-state index in [1.807, 2.05) is 14.0 Å². The minimum Gasteiger partial charge on any atom is -0.316 e. The maximum atomic E-state index is 5.85. The van der Waals surface area contributed by atoms with Crippen molar-refractivity contribution in [1.82, 2.24) is 5.32 Å². The summed E-state index contributed by atoms with van der Waals surface area (Å²) in [6, 6.07) is 0.345. The second-order valence-corrected chi connectivity index (χ2v) is 3.00. The molecule has 58 valence electrons. The number of nitrogens with one attached hydrogen (secondary N) is 1. The van der Waals surface area contributed by atoms with Crippen LogP contribution in [0.3, 0.4) is 0 Å². The maximum Gasteiger partial charge on any atom is 0.0461 e. The van der Waals surface area contributed by atoms with Crippen molar-refractivity contribution in [2.45, 2.75) is 31.2 Å². The number of alkyl halides is 1. The number of terminal acetylenes is 1. The molecule has 0 aliphatic rings. The Morgan fingerprint density at radius 2 is 2.30 bits per heavy atom. The Kier molecular flexibility index (Phi) is 5.48. The molecule has 0 saturated carbocycles. The lowest BCUT2D eigenvalue weighted by Gasteiger charge is -2.16. The Bertz CT molecular complexity index is 115. The molecule has 0 bridgehead atoms. The third kappa shape index (κ3) is 3.76. The van der Waals surface area contributed by atoms with Gasteiger partial charge in [0.2, 0.25) is 0 Å². The van der Waals surface area contributed by atoms with Crippen LogP contribution in [0.1, 0.15) is 19.8 Å². The van der Waals surface area contributed by atoms with Gasteiger partial charge in [-0.3, -0.25) is 0 Å². The molecule has 0 aromatic carbocycles. The molecule has 0 aromatic heterocycles. The van der Waals surface area contributed by atoms with Gasteiger partial charge in [-0.2, -0.15) is 0 Å². The molecule has 10 heavy (non-hydrogen) atoms. The van der Waals surface area contributed by atoms with Gasteiger partial charge in [-0.05, 0) is 20.4 Å². The first-order valence-electron chi connectivity index (χ1n) is 3.47. The molecule has 1 N–H and O–H groups in total. The quantitative estimate of drug-likeness (QED) is 0.486. The average Bonchev–Trinajstić information content (AvgIpc) is 1.89. The van der Waals surface area contributed by atoms with Gasteiger partial charge in [-0.25, -0.2) is 0 Å². The highest BCUT2D eigenvalue weighted by Crippen LogP contribution is 2.06. The zero-order valence-corrected chi connectivity index (χ0v) is 7.28. The summed E-state index contributed by atoms with van der Waals surface area (Å²) in [5, 5.41) is 3.26. The zero-order valence-electron chi connectivity index (χ0n) is 6.52. The third-order valence-corrected chi connectivity index (χ3v) is 1.83. The highest BCUT2D eigenvalue weighted by Gasteiger charge is 2.10. The molecule has 0 rings (SSSR count). The maximum absolute atomic E-state index is 5.85. The third-order valence-electron chi connectivity index (χ3n) is 1.52. The molecule has 0 fully saturated rings. The number of halogens is 1. The summed E-state index contributed by atoms with van der Waals surface area (Å²) in [7, 11) is 1.90. The van der Waals surface area contributed by atoms with Gasteiger partial charge in [-0.1, -0.05) is 0 Å². The van der Waals surface area contributed by atoms with E-state index in [1.54, 1.807) is 0 Å². The smallest absolute Gasteiger partial charge is 0.0461 e. The first-order chi connectivity index (χ1) is 4.72. The normalized spacial score (nSPS) is 15.8. The molecule has 0 aromatic rings. The number of hydrogen-bond acceptors (Lipinski definition) is 1. The molecule has 0 spiro atoms. The highest BCUT2D eigenvalue weighted by atomic mass is 35.5. The molecule has 2 heteroatoms. The van der Waals surface area contributed by atoms with Gasteiger partial charge in [0.1, 0.15) is 0 Å². The lowest BCUT2D eigenvalue weighted by Crippen LogP contribution is -2.32. The van der Waals surface area contributed by atoms with E-state index in [-0.39, 0.29) is 5.38 Å². The molecular formula is C8H14ClN. The first kappa shape index (κ1) is 9.81. The fraction of sp³-hybridized carbons (Fsp3) is 0.750. The van der Waals surface area contributed by atoms with Crippen LogP contribution in [-0.2, 0) is 0 Å². The van der Waals surface area contributed by atoms with Gasteiger partial charge in [-0.15, -0.1) is 23.9 Å². The summed E-state index contributed by atoms with van der Waals surface area (Å²) in [5.41, 5.74) is 0. The molecule has 0 heterocycles. The van der Waals surface area contributed by atoms with E-state index in [2.05, 4.69) is 11.2 Å². The van der Waals surface area contributed by atoms with Crippen LogP contribution in [0.25, 0.3) is 0 Å². The van der Waals surface area contributed by atoms with Gasteiger partial charge in [0, 0.05) is 17.8 Å². The van der Waals surface area contributed by atoms with Gasteiger partial charge >= 0.3 is 0 Å². The van der Waals surface area contributed by atoms with Crippen molar-refractivity contribution in [2.24, 2.45) is 0 Å². The second-order valence-electron chi connectivity index (χ2n) is 2.32. The summed E-state index contributed by atoms with van der Waals surface area (Å²) in [6.07, 6.45) is 6.86. The number of rotatable bonds is 4. The molecule has 1 nitrogen and oxygen atoms in total. The Balaban J connectivity index is 3.52. The fourth-order valence-electron chi connectivity index (χ4n) is 0.842. The van der Waals surface area contributed by atoms with Gasteiger partial charge in [0.15, 0.2) is 0 Å². The Labute approximate surface area is 68.1 Å². The molecule has 0 aliphatic heterocycles. The van der Waals surface area contributed by atoms with Crippen molar-refractivity contribution in [3.63, 3.8) is 0 Å². The van der Waals surface area contributed by atoms with Crippen LogP contribution in [0.5, 0.6) is 0 Å². The second kappa shape index (κ2) is 5.58. The molecular weight excluding hydrogens is 146 g/mol. The van der Waals surface area contributed by atoms with Crippen LogP contribution in [0.4, 0.5) is 0 Å². The standard InChI is InChI=1S/C8H14ClN/c1-4-5-6-8(10-3)7(2)9/h1,7-8,10H,5-6H2,2-3H3. The van der Waals surface area contributed by atoms with Crippen LogP contribution < -0.4 is 5.32 Å². The minimum absolute atomic E-state index is 0.151. The van der Waals surface area contributed by atoms with Gasteiger partial charge < -0.3 is 5.32 Å². The van der Waals surface area contributed by atoms with E-state index in [1.165, 1.54) is 0 Å². The summed E-state index contributed by atoms with van der Waals surface area (Å²) in [5.74, 6) is 2.59. The van der Waals surface area contributed by atoms with Crippen LogP contribution in [0, 0.1) is 12.3 Å². The zero-order chi connectivity index (χ0) is 7.98. The summed E-state index contributed by atoms with van der Waals surface area (Å²) in [4.78, 5) is 0. The monoisotopic (exact) mass is 159 g/mol. The number of hydrogen-bond donors (Lipinski definition) is 1. The Morgan fingerprint density at radius 1 is 1.70 bits per heavy atom. The topological polar surface area (TPSA) is 12.0 Å². The Hall–Kier alpha value is -0.190. The van der Waals surface area contributed by atoms with Crippen molar-refractivity contribution in [3.05, 3.63) is 0 Å². The summed E-state index contributed by atoms with van der Waals surface area (Å²) >= 11 is 5.85. The van der Waals surface area contributed by atoms with Gasteiger partial charge in [0.05, 0.1) is 0 Å². The molecule has 0 radical (unpaired) electrons. The van der Waals surface area contributed by atoms with E-state index in [0.717, 1.165) is 12.8 Å². The van der Waals surface area contributed by atoms with Crippen molar-refractivity contribution in [3.8, 4) is 12.3 Å². The van der Waals surface area contributed by atoms with Crippen molar-refractivity contribution < 1.29 is 0 Å². The molecule has 0 saturated heterocycles. The lowest BCUT2D eigenvalue weighted by atomic mass is 10.1. The van der Waals surface area contributed by atoms with Gasteiger partial charge in [0.25, 0.3) is 0 Å². The van der Waals surface area contributed by atoms with E-state index in [0.29, 0.717) is 6.04 Å². The van der Waals surface area contributed by atoms with E-state index < -0.39 is 0 Å². The van der Waals surface area contributed by atoms with Crippen LogP contribution in [-0.4, -0.2) is 18.5 Å². The van der Waals surface area contributed by atoms with Crippen LogP contribution in [0.2, 0.25) is 0 Å².